The van der Waals surface area contributed by atoms with E-state index in [-0.39, 0.29) is 23.3 Å². The third-order valence-electron chi connectivity index (χ3n) is 2.25. The van der Waals surface area contributed by atoms with Crippen molar-refractivity contribution in [1.29, 1.82) is 0 Å². The highest BCUT2D eigenvalue weighted by Crippen LogP contribution is 2.26. The van der Waals surface area contributed by atoms with Gasteiger partial charge in [0, 0.05) is 6.20 Å². The summed E-state index contributed by atoms with van der Waals surface area (Å²) in [6.45, 7) is 6.14. The molecule has 0 unspecified atom stereocenters. The monoisotopic (exact) mass is 307 g/mol. The molecule has 1 rings (SSSR count). The van der Waals surface area contributed by atoms with Crippen molar-refractivity contribution < 1.29 is 5.11 Å². The highest BCUT2D eigenvalue weighted by atomic mass is 79.9. The number of aromatic nitrogens is 2. The van der Waals surface area contributed by atoms with E-state index in [0.29, 0.717) is 5.82 Å². The summed E-state index contributed by atoms with van der Waals surface area (Å²) < 4.78 is 0.722. The fraction of sp³-hybridized carbons (Fsp3) is 0.600. The van der Waals surface area contributed by atoms with Gasteiger partial charge in [0.1, 0.15) is 5.82 Å². The molecule has 6 heteroatoms. The third kappa shape index (κ3) is 3.57. The van der Waals surface area contributed by atoms with Crippen LogP contribution < -0.4 is 5.32 Å². The fourth-order valence-electron chi connectivity index (χ4n) is 1.15. The first-order valence-corrected chi connectivity index (χ1v) is 6.07. The van der Waals surface area contributed by atoms with Crippen molar-refractivity contribution in [2.24, 2.45) is 5.41 Å². The lowest BCUT2D eigenvalue weighted by atomic mass is 9.87. The van der Waals surface area contributed by atoms with Crippen LogP contribution in [0.15, 0.2) is 10.7 Å². The predicted octanol–water partition coefficient (Wildman–Crippen LogP) is 2.71. The molecule has 0 aliphatic rings. The number of nitrogens with one attached hydrogen (secondary N) is 1. The van der Waals surface area contributed by atoms with E-state index in [2.05, 4.69) is 31.2 Å². The minimum atomic E-state index is -0.102. The number of anilines is 1. The van der Waals surface area contributed by atoms with Crippen LogP contribution in [-0.2, 0) is 0 Å². The molecular weight excluding hydrogens is 293 g/mol. The Balaban J connectivity index is 2.90. The Kier molecular flexibility index (Phi) is 4.52. The van der Waals surface area contributed by atoms with Gasteiger partial charge in [-0.15, -0.1) is 0 Å². The number of halogens is 2. The minimum Gasteiger partial charge on any atom is -0.394 e. The maximum atomic E-state index is 9.33. The van der Waals surface area contributed by atoms with Gasteiger partial charge in [-0.1, -0.05) is 20.8 Å². The molecule has 2 N–H and O–H groups in total. The second-order valence-electron chi connectivity index (χ2n) is 4.58. The van der Waals surface area contributed by atoms with Crippen LogP contribution in [0.4, 0.5) is 5.82 Å². The lowest BCUT2D eigenvalue weighted by molar-refractivity contribution is 0.201. The number of nitrogens with zero attached hydrogens (tertiary/aromatic N) is 2. The molecule has 1 heterocycles. The number of aliphatic hydroxyl groups excluding tert-OH is 1. The van der Waals surface area contributed by atoms with Gasteiger partial charge in [-0.2, -0.15) is 4.98 Å². The lowest BCUT2D eigenvalue weighted by Gasteiger charge is -2.30. The lowest BCUT2D eigenvalue weighted by Crippen LogP contribution is -2.37. The molecule has 0 aliphatic carbocycles. The quantitative estimate of drug-likeness (QED) is 0.843. The summed E-state index contributed by atoms with van der Waals surface area (Å²) in [7, 11) is 0. The number of rotatable bonds is 3. The summed E-state index contributed by atoms with van der Waals surface area (Å²) in [6, 6.07) is -0.102. The fourth-order valence-corrected chi connectivity index (χ4v) is 1.59. The largest absolute Gasteiger partial charge is 0.394 e. The first-order chi connectivity index (χ1) is 7.34. The molecular formula is C10H15BrClN3O. The molecule has 0 radical (unpaired) electrons. The molecule has 1 aromatic heterocycles. The molecule has 0 bridgehead atoms. The average molecular weight is 309 g/mol. The van der Waals surface area contributed by atoms with Crippen LogP contribution in [0.3, 0.4) is 0 Å². The average Bonchev–Trinajstić information content (AvgIpc) is 2.17. The zero-order chi connectivity index (χ0) is 12.3. The van der Waals surface area contributed by atoms with E-state index in [4.69, 9.17) is 11.6 Å². The van der Waals surface area contributed by atoms with Crippen LogP contribution in [0, 0.1) is 5.41 Å². The van der Waals surface area contributed by atoms with E-state index in [1.807, 2.05) is 20.8 Å². The van der Waals surface area contributed by atoms with Gasteiger partial charge in [0.25, 0.3) is 0 Å². The molecule has 16 heavy (non-hydrogen) atoms. The van der Waals surface area contributed by atoms with Crippen LogP contribution in [0.25, 0.3) is 0 Å². The van der Waals surface area contributed by atoms with E-state index in [1.165, 1.54) is 0 Å². The SMILES string of the molecule is CC(C)(C)[C@@H](CO)Nc1nc(Cl)ncc1Br. The van der Waals surface area contributed by atoms with E-state index in [9.17, 15) is 5.11 Å². The van der Waals surface area contributed by atoms with Gasteiger partial charge in [-0.05, 0) is 32.9 Å². The molecule has 0 saturated heterocycles. The first kappa shape index (κ1) is 13.7. The summed E-state index contributed by atoms with van der Waals surface area (Å²) in [6.07, 6.45) is 1.58. The Labute approximate surface area is 109 Å². The van der Waals surface area contributed by atoms with Gasteiger partial charge in [0.05, 0.1) is 17.1 Å². The van der Waals surface area contributed by atoms with Gasteiger partial charge in [-0.3, -0.25) is 0 Å². The Morgan fingerprint density at radius 1 is 1.56 bits per heavy atom. The molecule has 0 aromatic carbocycles. The zero-order valence-electron chi connectivity index (χ0n) is 9.46. The Morgan fingerprint density at radius 3 is 2.69 bits per heavy atom. The van der Waals surface area contributed by atoms with Crippen LogP contribution in [0.2, 0.25) is 5.28 Å². The van der Waals surface area contributed by atoms with Crippen molar-refractivity contribution in [3.8, 4) is 0 Å². The Bertz CT molecular complexity index is 368. The van der Waals surface area contributed by atoms with E-state index in [0.717, 1.165) is 4.47 Å². The second-order valence-corrected chi connectivity index (χ2v) is 5.77. The van der Waals surface area contributed by atoms with E-state index in [1.54, 1.807) is 6.20 Å². The molecule has 1 atom stereocenters. The van der Waals surface area contributed by atoms with E-state index < -0.39 is 0 Å². The summed E-state index contributed by atoms with van der Waals surface area (Å²) in [4.78, 5) is 7.90. The normalized spacial score (nSPS) is 13.6. The van der Waals surface area contributed by atoms with Crippen molar-refractivity contribution in [2.45, 2.75) is 26.8 Å². The molecule has 0 saturated carbocycles. The van der Waals surface area contributed by atoms with Gasteiger partial charge in [-0.25, -0.2) is 4.98 Å². The topological polar surface area (TPSA) is 58.0 Å². The third-order valence-corrected chi connectivity index (χ3v) is 3.02. The number of hydrogen-bond donors (Lipinski definition) is 2. The molecule has 0 amide bonds. The number of aliphatic hydroxyl groups is 1. The van der Waals surface area contributed by atoms with E-state index >= 15 is 0 Å². The van der Waals surface area contributed by atoms with Crippen molar-refractivity contribution in [2.75, 3.05) is 11.9 Å². The molecule has 0 spiro atoms. The first-order valence-electron chi connectivity index (χ1n) is 4.90. The molecule has 0 fully saturated rings. The minimum absolute atomic E-state index is 0.0254. The van der Waals surface area contributed by atoms with Crippen LogP contribution in [0.5, 0.6) is 0 Å². The molecule has 4 nitrogen and oxygen atoms in total. The Morgan fingerprint density at radius 2 is 2.19 bits per heavy atom. The standard InChI is InChI=1S/C10H15BrClN3O/c1-10(2,3)7(5-16)14-8-6(11)4-13-9(12)15-8/h4,7,16H,5H2,1-3H3,(H,13,14,15)/t7-/m1/s1. The van der Waals surface area contributed by atoms with Crippen molar-refractivity contribution >= 4 is 33.3 Å². The van der Waals surface area contributed by atoms with Crippen molar-refractivity contribution in [1.82, 2.24) is 9.97 Å². The Hall–Kier alpha value is -0.390. The molecule has 90 valence electrons. The van der Waals surface area contributed by atoms with Crippen LogP contribution >= 0.6 is 27.5 Å². The molecule has 0 aliphatic heterocycles. The summed E-state index contributed by atoms with van der Waals surface area (Å²) in [5.74, 6) is 0.592. The highest BCUT2D eigenvalue weighted by molar-refractivity contribution is 9.10. The smallest absolute Gasteiger partial charge is 0.224 e. The maximum absolute atomic E-state index is 9.33. The van der Waals surface area contributed by atoms with Gasteiger partial charge in [0.2, 0.25) is 5.28 Å². The van der Waals surface area contributed by atoms with Crippen LogP contribution in [-0.4, -0.2) is 27.7 Å². The van der Waals surface area contributed by atoms with Crippen LogP contribution in [0.1, 0.15) is 20.8 Å². The summed E-state index contributed by atoms with van der Waals surface area (Å²) in [5.41, 5.74) is -0.0778. The zero-order valence-corrected chi connectivity index (χ0v) is 11.8. The maximum Gasteiger partial charge on any atom is 0.224 e. The second kappa shape index (κ2) is 5.29. The van der Waals surface area contributed by atoms with Gasteiger partial charge in [0.15, 0.2) is 0 Å². The van der Waals surface area contributed by atoms with Crippen molar-refractivity contribution in [3.05, 3.63) is 16.0 Å². The summed E-state index contributed by atoms with van der Waals surface area (Å²) >= 11 is 9.04. The summed E-state index contributed by atoms with van der Waals surface area (Å²) in [5, 5.41) is 12.7. The van der Waals surface area contributed by atoms with Crippen molar-refractivity contribution in [3.63, 3.8) is 0 Å². The molecule has 1 aromatic rings. The van der Waals surface area contributed by atoms with Gasteiger partial charge >= 0.3 is 0 Å². The van der Waals surface area contributed by atoms with Gasteiger partial charge < -0.3 is 10.4 Å². The number of hydrogen-bond acceptors (Lipinski definition) is 4. The highest BCUT2D eigenvalue weighted by Gasteiger charge is 2.24. The predicted molar refractivity (Wildman–Crippen MR) is 68.7 cm³/mol.